The van der Waals surface area contributed by atoms with Crippen LogP contribution in [0.25, 0.3) is 10.9 Å². The number of nitrogens with one attached hydrogen (secondary N) is 2. The molecule has 1 aromatic carbocycles. The van der Waals surface area contributed by atoms with Gasteiger partial charge in [-0.05, 0) is 37.8 Å². The summed E-state index contributed by atoms with van der Waals surface area (Å²) in [5, 5.41) is 4.08. The monoisotopic (exact) mass is 306 g/mol. The summed E-state index contributed by atoms with van der Waals surface area (Å²) in [6.07, 6.45) is 6.05. The molecule has 4 rings (SSSR count). The number of H-pyrrole nitrogens is 1. The van der Waals surface area contributed by atoms with Crippen LogP contribution in [-0.2, 0) is 19.4 Å². The van der Waals surface area contributed by atoms with Crippen molar-refractivity contribution in [3.8, 4) is 0 Å². The molecular formula is C18H18N4O. The summed E-state index contributed by atoms with van der Waals surface area (Å²) in [4.78, 5) is 24.2. The third kappa shape index (κ3) is 2.70. The Bertz CT molecular complexity index is 916. The van der Waals surface area contributed by atoms with E-state index in [1.54, 1.807) is 12.4 Å². The number of hydrogen-bond acceptors (Lipinski definition) is 4. The molecule has 3 aromatic rings. The first-order valence-corrected chi connectivity index (χ1v) is 7.99. The topological polar surface area (TPSA) is 70.7 Å². The van der Waals surface area contributed by atoms with E-state index in [0.29, 0.717) is 6.54 Å². The van der Waals surface area contributed by atoms with Gasteiger partial charge in [0.25, 0.3) is 0 Å². The molecule has 0 fully saturated rings. The van der Waals surface area contributed by atoms with E-state index < -0.39 is 0 Å². The highest BCUT2D eigenvalue weighted by molar-refractivity contribution is 5.78. The molecule has 0 saturated heterocycles. The van der Waals surface area contributed by atoms with Gasteiger partial charge in [0, 0.05) is 33.9 Å². The van der Waals surface area contributed by atoms with Crippen molar-refractivity contribution in [3.05, 3.63) is 63.8 Å². The molecule has 0 amide bonds. The first kappa shape index (κ1) is 13.9. The fourth-order valence-electron chi connectivity index (χ4n) is 3.20. The Morgan fingerprint density at radius 1 is 1.13 bits per heavy atom. The van der Waals surface area contributed by atoms with Crippen LogP contribution in [0.1, 0.15) is 29.8 Å². The Balaban J connectivity index is 1.61. The number of aromatic nitrogens is 3. The third-order valence-corrected chi connectivity index (χ3v) is 4.36. The SMILES string of the molecule is O=c1cc(CNc2ncnc3c2CCCC3)[nH]c2ccccc12. The summed E-state index contributed by atoms with van der Waals surface area (Å²) in [5.74, 6) is 0.892. The molecule has 2 aromatic heterocycles. The minimum Gasteiger partial charge on any atom is -0.364 e. The van der Waals surface area contributed by atoms with Crippen molar-refractivity contribution in [1.82, 2.24) is 15.0 Å². The highest BCUT2D eigenvalue weighted by Crippen LogP contribution is 2.24. The predicted molar refractivity (Wildman–Crippen MR) is 90.6 cm³/mol. The molecule has 2 N–H and O–H groups in total. The number of hydrogen-bond donors (Lipinski definition) is 2. The van der Waals surface area contributed by atoms with Crippen molar-refractivity contribution >= 4 is 16.7 Å². The molecule has 0 atom stereocenters. The van der Waals surface area contributed by atoms with Crippen molar-refractivity contribution in [2.24, 2.45) is 0 Å². The number of pyridine rings is 1. The lowest BCUT2D eigenvalue weighted by atomic mass is 9.96. The number of aromatic amines is 1. The standard InChI is InChI=1S/C18H18N4O/c23-17-9-12(22-16-8-4-1-5-13(16)17)10-19-18-14-6-2-3-7-15(14)20-11-21-18/h1,4-5,8-9,11H,2-3,6-7,10H2,(H,22,23)(H,19,20,21). The summed E-state index contributed by atoms with van der Waals surface area (Å²) in [6.45, 7) is 0.545. The highest BCUT2D eigenvalue weighted by Gasteiger charge is 2.15. The highest BCUT2D eigenvalue weighted by atomic mass is 16.1. The number of fused-ring (bicyclic) bond motifs is 2. The summed E-state index contributed by atoms with van der Waals surface area (Å²) in [5.41, 5.74) is 4.14. The quantitative estimate of drug-likeness (QED) is 0.780. The van der Waals surface area contributed by atoms with Gasteiger partial charge in [-0.25, -0.2) is 9.97 Å². The number of aryl methyl sites for hydroxylation is 1. The van der Waals surface area contributed by atoms with Gasteiger partial charge in [-0.3, -0.25) is 4.79 Å². The van der Waals surface area contributed by atoms with E-state index in [1.165, 1.54) is 18.4 Å². The zero-order valence-electron chi connectivity index (χ0n) is 12.8. The third-order valence-electron chi connectivity index (χ3n) is 4.36. The summed E-state index contributed by atoms with van der Waals surface area (Å²) >= 11 is 0. The van der Waals surface area contributed by atoms with Crippen LogP contribution in [0, 0.1) is 0 Å². The second-order valence-corrected chi connectivity index (χ2v) is 5.91. The number of rotatable bonds is 3. The molecule has 0 radical (unpaired) electrons. The first-order chi connectivity index (χ1) is 11.3. The van der Waals surface area contributed by atoms with Crippen LogP contribution in [0.4, 0.5) is 5.82 Å². The molecule has 23 heavy (non-hydrogen) atoms. The molecule has 0 spiro atoms. The van der Waals surface area contributed by atoms with Gasteiger partial charge in [0.05, 0.1) is 6.54 Å². The van der Waals surface area contributed by atoms with Gasteiger partial charge in [0.1, 0.15) is 12.1 Å². The predicted octanol–water partition coefficient (Wildman–Crippen LogP) is 2.81. The number of para-hydroxylation sites is 1. The van der Waals surface area contributed by atoms with E-state index in [9.17, 15) is 4.79 Å². The van der Waals surface area contributed by atoms with E-state index >= 15 is 0 Å². The normalized spacial score (nSPS) is 13.7. The lowest BCUT2D eigenvalue weighted by molar-refractivity contribution is 0.663. The van der Waals surface area contributed by atoms with Crippen molar-refractivity contribution in [3.63, 3.8) is 0 Å². The fourth-order valence-corrected chi connectivity index (χ4v) is 3.20. The van der Waals surface area contributed by atoms with Crippen LogP contribution >= 0.6 is 0 Å². The summed E-state index contributed by atoms with van der Waals surface area (Å²) < 4.78 is 0. The average Bonchev–Trinajstić information content (AvgIpc) is 2.60. The maximum absolute atomic E-state index is 12.2. The molecule has 0 saturated carbocycles. The molecule has 1 aliphatic carbocycles. The van der Waals surface area contributed by atoms with Crippen LogP contribution in [0.2, 0.25) is 0 Å². The van der Waals surface area contributed by atoms with Crippen molar-refractivity contribution in [1.29, 1.82) is 0 Å². The zero-order chi connectivity index (χ0) is 15.6. The van der Waals surface area contributed by atoms with Crippen molar-refractivity contribution in [2.45, 2.75) is 32.2 Å². The van der Waals surface area contributed by atoms with E-state index in [0.717, 1.165) is 41.0 Å². The molecule has 0 aliphatic heterocycles. The number of anilines is 1. The van der Waals surface area contributed by atoms with Crippen molar-refractivity contribution in [2.75, 3.05) is 5.32 Å². The van der Waals surface area contributed by atoms with Gasteiger partial charge in [0.2, 0.25) is 0 Å². The molecular weight excluding hydrogens is 288 g/mol. The lowest BCUT2D eigenvalue weighted by Gasteiger charge is -2.18. The van der Waals surface area contributed by atoms with Crippen molar-refractivity contribution < 1.29 is 0 Å². The van der Waals surface area contributed by atoms with Gasteiger partial charge in [-0.15, -0.1) is 0 Å². The van der Waals surface area contributed by atoms with Gasteiger partial charge in [-0.2, -0.15) is 0 Å². The zero-order valence-corrected chi connectivity index (χ0v) is 12.8. The molecule has 5 nitrogen and oxygen atoms in total. The number of benzene rings is 1. The largest absolute Gasteiger partial charge is 0.364 e. The Labute approximate surface area is 133 Å². The van der Waals surface area contributed by atoms with Crippen LogP contribution in [0.3, 0.4) is 0 Å². The molecule has 0 unspecified atom stereocenters. The molecule has 0 bridgehead atoms. The van der Waals surface area contributed by atoms with Crippen LogP contribution in [0.5, 0.6) is 0 Å². The molecule has 2 heterocycles. The second kappa shape index (κ2) is 5.83. The van der Waals surface area contributed by atoms with Crippen LogP contribution in [-0.4, -0.2) is 15.0 Å². The van der Waals surface area contributed by atoms with Gasteiger partial charge < -0.3 is 10.3 Å². The fraction of sp³-hybridized carbons (Fsp3) is 0.278. The van der Waals surface area contributed by atoms with E-state index in [1.807, 2.05) is 24.3 Å². The second-order valence-electron chi connectivity index (χ2n) is 5.91. The molecule has 116 valence electrons. The lowest BCUT2D eigenvalue weighted by Crippen LogP contribution is -2.13. The summed E-state index contributed by atoms with van der Waals surface area (Å²) in [6, 6.07) is 9.22. The minimum atomic E-state index is 0.0425. The van der Waals surface area contributed by atoms with Crippen LogP contribution in [0.15, 0.2) is 41.5 Å². The Kier molecular flexibility index (Phi) is 3.54. The Morgan fingerprint density at radius 2 is 2.00 bits per heavy atom. The van der Waals surface area contributed by atoms with Gasteiger partial charge in [0.15, 0.2) is 5.43 Å². The Hall–Kier alpha value is -2.69. The van der Waals surface area contributed by atoms with E-state index in [4.69, 9.17) is 0 Å². The molecule has 1 aliphatic rings. The van der Waals surface area contributed by atoms with Gasteiger partial charge in [-0.1, -0.05) is 12.1 Å². The van der Waals surface area contributed by atoms with E-state index in [-0.39, 0.29) is 5.43 Å². The maximum atomic E-state index is 12.2. The summed E-state index contributed by atoms with van der Waals surface area (Å²) in [7, 11) is 0. The maximum Gasteiger partial charge on any atom is 0.189 e. The Morgan fingerprint density at radius 3 is 2.96 bits per heavy atom. The smallest absolute Gasteiger partial charge is 0.189 e. The number of nitrogens with zero attached hydrogens (tertiary/aromatic N) is 2. The average molecular weight is 306 g/mol. The van der Waals surface area contributed by atoms with Gasteiger partial charge >= 0.3 is 0 Å². The van der Waals surface area contributed by atoms with Crippen LogP contribution < -0.4 is 10.7 Å². The van der Waals surface area contributed by atoms with E-state index in [2.05, 4.69) is 20.3 Å². The minimum absolute atomic E-state index is 0.0425. The molecule has 5 heteroatoms. The first-order valence-electron chi connectivity index (χ1n) is 7.99.